The van der Waals surface area contributed by atoms with Crippen molar-refractivity contribution in [2.24, 2.45) is 0 Å². The Balaban J connectivity index is 2.24. The minimum atomic E-state index is 0.265. The maximum absolute atomic E-state index is 8.60. The third kappa shape index (κ3) is 4.60. The highest BCUT2D eigenvalue weighted by molar-refractivity contribution is 6.42. The van der Waals surface area contributed by atoms with Gasteiger partial charge >= 0.3 is 0 Å². The lowest BCUT2D eigenvalue weighted by Gasteiger charge is -2.08. The summed E-state index contributed by atoms with van der Waals surface area (Å²) in [5, 5.41) is 9.59. The quantitative estimate of drug-likeness (QED) is 0.755. The van der Waals surface area contributed by atoms with Crippen molar-refractivity contribution >= 4 is 23.2 Å². The van der Waals surface area contributed by atoms with Crippen LogP contribution in [0.15, 0.2) is 18.2 Å². The molecule has 0 unspecified atom stereocenters. The Labute approximate surface area is 106 Å². The van der Waals surface area contributed by atoms with Crippen molar-refractivity contribution in [3.8, 4) is 5.75 Å². The summed E-state index contributed by atoms with van der Waals surface area (Å²) in [7, 11) is 0. The number of halogens is 2. The molecule has 0 saturated heterocycles. The van der Waals surface area contributed by atoms with Gasteiger partial charge in [-0.15, -0.1) is 0 Å². The first-order valence-electron chi connectivity index (χ1n) is 5.43. The lowest BCUT2D eigenvalue weighted by molar-refractivity contribution is 0.273. The fourth-order valence-electron chi connectivity index (χ4n) is 1.35. The van der Waals surface area contributed by atoms with Crippen molar-refractivity contribution in [2.45, 2.75) is 25.7 Å². The molecule has 0 aliphatic carbocycles. The van der Waals surface area contributed by atoms with E-state index in [1.807, 2.05) is 12.1 Å². The van der Waals surface area contributed by atoms with Crippen LogP contribution >= 0.6 is 23.2 Å². The van der Waals surface area contributed by atoms with Gasteiger partial charge in [-0.25, -0.2) is 0 Å². The predicted octanol–water partition coefficient (Wildman–Crippen LogP) is 3.92. The summed E-state index contributed by atoms with van der Waals surface area (Å²) >= 11 is 11.8. The Bertz CT molecular complexity index is 316. The molecule has 0 amide bonds. The Morgan fingerprint density at radius 3 is 2.56 bits per heavy atom. The topological polar surface area (TPSA) is 29.5 Å². The predicted molar refractivity (Wildman–Crippen MR) is 67.5 cm³/mol. The van der Waals surface area contributed by atoms with Gasteiger partial charge in [0.05, 0.1) is 11.6 Å². The van der Waals surface area contributed by atoms with Crippen LogP contribution in [0.3, 0.4) is 0 Å². The zero-order chi connectivity index (χ0) is 11.8. The van der Waals surface area contributed by atoms with Gasteiger partial charge in [-0.3, -0.25) is 0 Å². The smallest absolute Gasteiger partial charge is 0.139 e. The van der Waals surface area contributed by atoms with Crippen molar-refractivity contribution in [2.75, 3.05) is 13.2 Å². The van der Waals surface area contributed by atoms with E-state index in [0.717, 1.165) is 25.7 Å². The van der Waals surface area contributed by atoms with Crippen molar-refractivity contribution < 1.29 is 9.84 Å². The van der Waals surface area contributed by atoms with E-state index >= 15 is 0 Å². The van der Waals surface area contributed by atoms with E-state index in [2.05, 4.69) is 0 Å². The summed E-state index contributed by atoms with van der Waals surface area (Å²) in [5.74, 6) is 0.635. The molecule has 1 aromatic rings. The highest BCUT2D eigenvalue weighted by atomic mass is 35.5. The number of aliphatic hydroxyl groups excluding tert-OH is 1. The zero-order valence-corrected chi connectivity index (χ0v) is 10.6. The van der Waals surface area contributed by atoms with Gasteiger partial charge in [-0.1, -0.05) is 35.7 Å². The summed E-state index contributed by atoms with van der Waals surface area (Å²) in [6.07, 6.45) is 3.91. The molecule has 16 heavy (non-hydrogen) atoms. The molecule has 0 spiro atoms. The van der Waals surface area contributed by atoms with Gasteiger partial charge in [-0.05, 0) is 31.4 Å². The van der Waals surface area contributed by atoms with Crippen LogP contribution in [-0.2, 0) is 0 Å². The summed E-state index contributed by atoms with van der Waals surface area (Å²) in [5.41, 5.74) is 0. The largest absolute Gasteiger partial charge is 0.492 e. The van der Waals surface area contributed by atoms with Crippen LogP contribution in [0, 0.1) is 0 Å². The molecule has 0 atom stereocenters. The molecule has 1 N–H and O–H groups in total. The van der Waals surface area contributed by atoms with Gasteiger partial charge in [0, 0.05) is 6.61 Å². The molecule has 0 radical (unpaired) electrons. The molecule has 2 nitrogen and oxygen atoms in total. The van der Waals surface area contributed by atoms with Crippen LogP contribution in [0.25, 0.3) is 0 Å². The fraction of sp³-hybridized carbons (Fsp3) is 0.500. The number of aliphatic hydroxyl groups is 1. The molecular weight excluding hydrogens is 247 g/mol. The van der Waals surface area contributed by atoms with E-state index in [1.165, 1.54) is 0 Å². The molecule has 0 heterocycles. The molecule has 0 aliphatic heterocycles. The van der Waals surface area contributed by atoms with Crippen molar-refractivity contribution in [1.29, 1.82) is 0 Å². The number of benzene rings is 1. The molecule has 0 aliphatic rings. The van der Waals surface area contributed by atoms with Crippen LogP contribution in [0.2, 0.25) is 10.0 Å². The molecule has 0 aromatic heterocycles. The van der Waals surface area contributed by atoms with Crippen LogP contribution in [0.4, 0.5) is 0 Å². The van der Waals surface area contributed by atoms with Gasteiger partial charge in [0.2, 0.25) is 0 Å². The van der Waals surface area contributed by atoms with Gasteiger partial charge in [-0.2, -0.15) is 0 Å². The molecule has 1 aromatic carbocycles. The molecule has 0 saturated carbocycles. The standard InChI is InChI=1S/C12H16Cl2O2/c13-10-6-5-7-11(12(10)14)16-9-4-2-1-3-8-15/h5-7,15H,1-4,8-9H2. The summed E-state index contributed by atoms with van der Waals surface area (Å²) in [6.45, 7) is 0.895. The average Bonchev–Trinajstić information content (AvgIpc) is 2.29. The molecule has 0 bridgehead atoms. The summed E-state index contributed by atoms with van der Waals surface area (Å²) in [6, 6.07) is 5.36. The molecular formula is C12H16Cl2O2. The fourth-order valence-corrected chi connectivity index (χ4v) is 1.69. The van der Waals surface area contributed by atoms with Gasteiger partial charge in [0.25, 0.3) is 0 Å². The zero-order valence-electron chi connectivity index (χ0n) is 9.09. The van der Waals surface area contributed by atoms with E-state index in [9.17, 15) is 0 Å². The minimum absolute atomic E-state index is 0.265. The Morgan fingerprint density at radius 1 is 1.06 bits per heavy atom. The highest BCUT2D eigenvalue weighted by Gasteiger charge is 2.04. The lowest BCUT2D eigenvalue weighted by atomic mass is 10.2. The second-order valence-corrected chi connectivity index (χ2v) is 4.32. The van der Waals surface area contributed by atoms with Gasteiger partial charge < -0.3 is 9.84 Å². The van der Waals surface area contributed by atoms with Crippen molar-refractivity contribution in [1.82, 2.24) is 0 Å². The van der Waals surface area contributed by atoms with E-state index < -0.39 is 0 Å². The van der Waals surface area contributed by atoms with E-state index in [-0.39, 0.29) is 6.61 Å². The maximum atomic E-state index is 8.60. The van der Waals surface area contributed by atoms with Crippen LogP contribution < -0.4 is 4.74 Å². The maximum Gasteiger partial charge on any atom is 0.139 e. The summed E-state index contributed by atoms with van der Waals surface area (Å²) < 4.78 is 5.52. The Kier molecular flexibility index (Phi) is 6.62. The summed E-state index contributed by atoms with van der Waals surface area (Å²) in [4.78, 5) is 0. The van der Waals surface area contributed by atoms with E-state index in [4.69, 9.17) is 33.0 Å². The second kappa shape index (κ2) is 7.77. The Morgan fingerprint density at radius 2 is 1.81 bits per heavy atom. The first-order chi connectivity index (χ1) is 7.75. The van der Waals surface area contributed by atoms with Crippen molar-refractivity contribution in [3.63, 3.8) is 0 Å². The van der Waals surface area contributed by atoms with Gasteiger partial charge in [0.1, 0.15) is 10.8 Å². The van der Waals surface area contributed by atoms with E-state index in [0.29, 0.717) is 22.4 Å². The number of hydrogen-bond donors (Lipinski definition) is 1. The average molecular weight is 263 g/mol. The van der Waals surface area contributed by atoms with Gasteiger partial charge in [0.15, 0.2) is 0 Å². The third-order valence-corrected chi connectivity index (χ3v) is 3.03. The normalized spacial score (nSPS) is 10.4. The highest BCUT2D eigenvalue weighted by Crippen LogP contribution is 2.31. The Hall–Kier alpha value is -0.440. The molecule has 90 valence electrons. The first-order valence-corrected chi connectivity index (χ1v) is 6.19. The molecule has 4 heteroatoms. The minimum Gasteiger partial charge on any atom is -0.492 e. The van der Waals surface area contributed by atoms with Crippen LogP contribution in [-0.4, -0.2) is 18.3 Å². The number of ether oxygens (including phenoxy) is 1. The van der Waals surface area contributed by atoms with Crippen LogP contribution in [0.5, 0.6) is 5.75 Å². The SMILES string of the molecule is OCCCCCCOc1cccc(Cl)c1Cl. The first kappa shape index (κ1) is 13.6. The second-order valence-electron chi connectivity index (χ2n) is 3.54. The molecule has 1 rings (SSSR count). The number of rotatable bonds is 7. The third-order valence-electron chi connectivity index (χ3n) is 2.23. The lowest BCUT2D eigenvalue weighted by Crippen LogP contribution is -1.98. The molecule has 0 fully saturated rings. The monoisotopic (exact) mass is 262 g/mol. The number of hydrogen-bond acceptors (Lipinski definition) is 2. The number of unbranched alkanes of at least 4 members (excludes halogenated alkanes) is 3. The van der Waals surface area contributed by atoms with Crippen LogP contribution in [0.1, 0.15) is 25.7 Å². The van der Waals surface area contributed by atoms with Crippen molar-refractivity contribution in [3.05, 3.63) is 28.2 Å². The van der Waals surface area contributed by atoms with E-state index in [1.54, 1.807) is 6.07 Å².